The largest absolute Gasteiger partial charge is 0.481 e. The highest BCUT2D eigenvalue weighted by molar-refractivity contribution is 8.00. The highest BCUT2D eigenvalue weighted by atomic mass is 35.5. The molecule has 1 rings (SSSR count). The van der Waals surface area contributed by atoms with Crippen LogP contribution in [0.15, 0.2) is 29.2 Å². The number of carboxylic acids is 2. The van der Waals surface area contributed by atoms with Crippen LogP contribution < -0.4 is 0 Å². The van der Waals surface area contributed by atoms with Crippen LogP contribution in [0.3, 0.4) is 0 Å². The van der Waals surface area contributed by atoms with Gasteiger partial charge >= 0.3 is 11.9 Å². The third kappa shape index (κ3) is 4.12. The first kappa shape index (κ1) is 12.9. The number of carboxylic acid groups (broad SMARTS) is 2. The molecule has 6 heteroatoms. The second kappa shape index (κ2) is 5.77. The lowest BCUT2D eigenvalue weighted by molar-refractivity contribution is -0.142. The quantitative estimate of drug-likeness (QED) is 0.795. The highest BCUT2D eigenvalue weighted by Crippen LogP contribution is 2.26. The summed E-state index contributed by atoms with van der Waals surface area (Å²) in [4.78, 5) is 21.9. The fourth-order valence-electron chi connectivity index (χ4n) is 1.02. The van der Waals surface area contributed by atoms with E-state index in [1.54, 1.807) is 24.3 Å². The number of halogens is 1. The molecule has 0 aliphatic carbocycles. The molecule has 2 N–H and O–H groups in total. The Bertz CT molecular complexity index is 390. The Morgan fingerprint density at radius 3 is 2.25 bits per heavy atom. The summed E-state index contributed by atoms with van der Waals surface area (Å²) in [6.07, 6.45) is -0.414. The van der Waals surface area contributed by atoms with Gasteiger partial charge in [0.15, 0.2) is 0 Å². The maximum absolute atomic E-state index is 10.8. The summed E-state index contributed by atoms with van der Waals surface area (Å²) in [7, 11) is 0. The summed E-state index contributed by atoms with van der Waals surface area (Å²) in [6, 6.07) is 6.57. The van der Waals surface area contributed by atoms with Gasteiger partial charge in [0.1, 0.15) is 5.25 Å². The van der Waals surface area contributed by atoms with Crippen LogP contribution in [0, 0.1) is 0 Å². The van der Waals surface area contributed by atoms with E-state index in [-0.39, 0.29) is 0 Å². The Hall–Kier alpha value is -1.20. The molecular formula is C10H9ClO4S. The minimum absolute atomic E-state index is 0.414. The van der Waals surface area contributed by atoms with Gasteiger partial charge in [-0.05, 0) is 24.3 Å². The maximum atomic E-state index is 10.8. The summed E-state index contributed by atoms with van der Waals surface area (Å²) in [5.41, 5.74) is 0. The fraction of sp³-hybridized carbons (Fsp3) is 0.200. The van der Waals surface area contributed by atoms with Crippen molar-refractivity contribution in [3.05, 3.63) is 29.3 Å². The van der Waals surface area contributed by atoms with Crippen LogP contribution in [0.2, 0.25) is 5.02 Å². The number of rotatable bonds is 5. The SMILES string of the molecule is O=C(O)C[C@H](Sc1ccc(Cl)cc1)C(=O)O. The average molecular weight is 261 g/mol. The standard InChI is InChI=1S/C10H9ClO4S/c11-6-1-3-7(4-2-6)16-8(10(14)15)5-9(12)13/h1-4,8H,5H2,(H,12,13)(H,14,15)/t8-/m0/s1. The number of hydrogen-bond donors (Lipinski definition) is 2. The first-order chi connectivity index (χ1) is 7.49. The van der Waals surface area contributed by atoms with E-state index in [0.717, 1.165) is 11.8 Å². The Kier molecular flexibility index (Phi) is 4.64. The van der Waals surface area contributed by atoms with E-state index >= 15 is 0 Å². The zero-order valence-electron chi connectivity index (χ0n) is 8.09. The van der Waals surface area contributed by atoms with Crippen LogP contribution in [-0.4, -0.2) is 27.4 Å². The smallest absolute Gasteiger partial charge is 0.317 e. The van der Waals surface area contributed by atoms with Gasteiger partial charge < -0.3 is 10.2 Å². The van der Waals surface area contributed by atoms with Crippen molar-refractivity contribution in [3.8, 4) is 0 Å². The molecule has 0 amide bonds. The zero-order valence-corrected chi connectivity index (χ0v) is 9.66. The summed E-state index contributed by atoms with van der Waals surface area (Å²) >= 11 is 6.67. The van der Waals surface area contributed by atoms with Crippen molar-refractivity contribution in [2.24, 2.45) is 0 Å². The molecule has 0 aliphatic rings. The van der Waals surface area contributed by atoms with Gasteiger partial charge in [-0.1, -0.05) is 11.6 Å². The molecule has 16 heavy (non-hydrogen) atoms. The zero-order chi connectivity index (χ0) is 12.1. The van der Waals surface area contributed by atoms with E-state index in [1.165, 1.54) is 0 Å². The number of thioether (sulfide) groups is 1. The first-order valence-corrected chi connectivity index (χ1v) is 5.61. The second-order valence-electron chi connectivity index (χ2n) is 3.00. The molecule has 1 aromatic rings. The second-order valence-corrected chi connectivity index (χ2v) is 4.71. The van der Waals surface area contributed by atoms with Crippen molar-refractivity contribution in [3.63, 3.8) is 0 Å². The number of benzene rings is 1. The normalized spacial score (nSPS) is 12.1. The molecule has 1 aromatic carbocycles. The molecule has 0 spiro atoms. The summed E-state index contributed by atoms with van der Waals surface area (Å²) in [6.45, 7) is 0. The summed E-state index contributed by atoms with van der Waals surface area (Å²) in [5, 5.41) is 16.9. The third-order valence-corrected chi connectivity index (χ3v) is 3.18. The Balaban J connectivity index is 2.71. The number of carbonyl (C=O) groups is 2. The van der Waals surface area contributed by atoms with Crippen LogP contribution >= 0.6 is 23.4 Å². The molecule has 1 atom stereocenters. The molecule has 0 aromatic heterocycles. The summed E-state index contributed by atoms with van der Waals surface area (Å²) < 4.78 is 0. The van der Waals surface area contributed by atoms with Crippen molar-refractivity contribution >= 4 is 35.3 Å². The Morgan fingerprint density at radius 1 is 1.25 bits per heavy atom. The van der Waals surface area contributed by atoms with Gasteiger partial charge in [-0.25, -0.2) is 0 Å². The molecule has 0 bridgehead atoms. The van der Waals surface area contributed by atoms with Gasteiger partial charge in [0.05, 0.1) is 6.42 Å². The van der Waals surface area contributed by atoms with Crippen molar-refractivity contribution in [1.82, 2.24) is 0 Å². The molecule has 86 valence electrons. The predicted octanol–water partition coefficient (Wildman–Crippen LogP) is 2.36. The van der Waals surface area contributed by atoms with Gasteiger partial charge in [-0.15, -0.1) is 11.8 Å². The molecule has 0 heterocycles. The van der Waals surface area contributed by atoms with Crippen LogP contribution in [-0.2, 0) is 9.59 Å². The van der Waals surface area contributed by atoms with Crippen molar-refractivity contribution in [2.75, 3.05) is 0 Å². The van der Waals surface area contributed by atoms with E-state index in [1.807, 2.05) is 0 Å². The Labute approximate surface area is 101 Å². The van der Waals surface area contributed by atoms with Gasteiger partial charge in [0.2, 0.25) is 0 Å². The lowest BCUT2D eigenvalue weighted by Gasteiger charge is -2.09. The minimum Gasteiger partial charge on any atom is -0.481 e. The van der Waals surface area contributed by atoms with Crippen LogP contribution in [0.5, 0.6) is 0 Å². The Morgan fingerprint density at radius 2 is 1.81 bits per heavy atom. The van der Waals surface area contributed by atoms with Crippen molar-refractivity contribution in [2.45, 2.75) is 16.6 Å². The first-order valence-electron chi connectivity index (χ1n) is 4.36. The number of hydrogen-bond acceptors (Lipinski definition) is 3. The molecule has 4 nitrogen and oxygen atoms in total. The highest BCUT2D eigenvalue weighted by Gasteiger charge is 2.22. The predicted molar refractivity (Wildman–Crippen MR) is 61.0 cm³/mol. The molecule has 0 unspecified atom stereocenters. The molecule has 0 saturated carbocycles. The van der Waals surface area contributed by atoms with Crippen LogP contribution in [0.4, 0.5) is 0 Å². The van der Waals surface area contributed by atoms with Gasteiger partial charge in [-0.3, -0.25) is 9.59 Å². The monoisotopic (exact) mass is 260 g/mol. The van der Waals surface area contributed by atoms with Gasteiger partial charge in [0.25, 0.3) is 0 Å². The van der Waals surface area contributed by atoms with Crippen LogP contribution in [0.25, 0.3) is 0 Å². The lowest BCUT2D eigenvalue weighted by atomic mass is 10.3. The minimum atomic E-state index is -1.14. The fourth-order valence-corrected chi connectivity index (χ4v) is 2.09. The van der Waals surface area contributed by atoms with E-state index < -0.39 is 23.6 Å². The van der Waals surface area contributed by atoms with E-state index in [2.05, 4.69) is 0 Å². The lowest BCUT2D eigenvalue weighted by Crippen LogP contribution is -2.20. The topological polar surface area (TPSA) is 74.6 Å². The number of aliphatic carboxylic acids is 2. The van der Waals surface area contributed by atoms with Crippen molar-refractivity contribution < 1.29 is 19.8 Å². The van der Waals surface area contributed by atoms with E-state index in [4.69, 9.17) is 21.8 Å². The van der Waals surface area contributed by atoms with Crippen LogP contribution in [0.1, 0.15) is 6.42 Å². The molecule has 0 saturated heterocycles. The molecular weight excluding hydrogens is 252 g/mol. The van der Waals surface area contributed by atoms with Gasteiger partial charge in [-0.2, -0.15) is 0 Å². The molecule has 0 aliphatic heterocycles. The van der Waals surface area contributed by atoms with E-state index in [9.17, 15) is 9.59 Å². The molecule has 0 radical (unpaired) electrons. The molecule has 0 fully saturated rings. The third-order valence-electron chi connectivity index (χ3n) is 1.73. The maximum Gasteiger partial charge on any atom is 0.317 e. The van der Waals surface area contributed by atoms with E-state index in [0.29, 0.717) is 9.92 Å². The van der Waals surface area contributed by atoms with Crippen molar-refractivity contribution in [1.29, 1.82) is 0 Å². The van der Waals surface area contributed by atoms with Gasteiger partial charge in [0, 0.05) is 9.92 Å². The summed E-state index contributed by atoms with van der Waals surface area (Å²) in [5.74, 6) is -2.27. The average Bonchev–Trinajstić information content (AvgIpc) is 2.19.